The minimum absolute atomic E-state index is 0.0199. The van der Waals surface area contributed by atoms with Crippen molar-refractivity contribution in [3.63, 3.8) is 0 Å². The Balaban J connectivity index is 1.80. The molecule has 1 fully saturated rings. The molecule has 1 aliphatic rings. The maximum absolute atomic E-state index is 12.9. The largest absolute Gasteiger partial charge is 0.335 e. The summed E-state index contributed by atoms with van der Waals surface area (Å²) < 4.78 is 1.61. The number of urea groups is 1. The lowest BCUT2D eigenvalue weighted by Crippen LogP contribution is -2.41. The SMILES string of the molecule is Cc1sc2nc(SCC(=O)NC(=O)NC3CC3)n(C(C)C)c(=O)c2c1C. The van der Waals surface area contributed by atoms with E-state index in [0.29, 0.717) is 15.4 Å². The van der Waals surface area contributed by atoms with Gasteiger partial charge < -0.3 is 5.32 Å². The fourth-order valence-electron chi connectivity index (χ4n) is 2.59. The predicted molar refractivity (Wildman–Crippen MR) is 104 cm³/mol. The molecule has 26 heavy (non-hydrogen) atoms. The Labute approximate surface area is 159 Å². The zero-order chi connectivity index (χ0) is 19.0. The molecule has 1 aliphatic carbocycles. The van der Waals surface area contributed by atoms with Gasteiger partial charge in [0, 0.05) is 17.0 Å². The molecule has 0 radical (unpaired) electrons. The highest BCUT2D eigenvalue weighted by molar-refractivity contribution is 7.99. The van der Waals surface area contributed by atoms with Gasteiger partial charge in [-0.3, -0.25) is 19.5 Å². The molecule has 7 nitrogen and oxygen atoms in total. The predicted octanol–water partition coefficient (Wildman–Crippen LogP) is 2.74. The Hall–Kier alpha value is -1.87. The molecule has 0 atom stereocenters. The van der Waals surface area contributed by atoms with Crippen LogP contribution in [-0.4, -0.2) is 33.3 Å². The molecule has 2 aromatic heterocycles. The molecule has 0 unspecified atom stereocenters. The van der Waals surface area contributed by atoms with Crippen molar-refractivity contribution < 1.29 is 9.59 Å². The van der Waals surface area contributed by atoms with E-state index in [9.17, 15) is 14.4 Å². The fraction of sp³-hybridized carbons (Fsp3) is 0.529. The number of carbonyl (C=O) groups excluding carboxylic acids is 2. The number of thiophene rings is 1. The van der Waals surface area contributed by atoms with Crippen LogP contribution in [-0.2, 0) is 4.79 Å². The third-order valence-corrected chi connectivity index (χ3v) is 6.27. The van der Waals surface area contributed by atoms with Gasteiger partial charge in [-0.2, -0.15) is 0 Å². The van der Waals surface area contributed by atoms with E-state index in [0.717, 1.165) is 23.3 Å². The van der Waals surface area contributed by atoms with Gasteiger partial charge in [0.1, 0.15) is 4.83 Å². The van der Waals surface area contributed by atoms with Crippen molar-refractivity contribution in [2.45, 2.75) is 57.8 Å². The highest BCUT2D eigenvalue weighted by Gasteiger charge is 2.24. The van der Waals surface area contributed by atoms with Gasteiger partial charge in [-0.1, -0.05) is 11.8 Å². The molecule has 9 heteroatoms. The summed E-state index contributed by atoms with van der Waals surface area (Å²) in [4.78, 5) is 42.9. The lowest BCUT2D eigenvalue weighted by molar-refractivity contribution is -0.117. The van der Waals surface area contributed by atoms with E-state index < -0.39 is 11.9 Å². The number of carbonyl (C=O) groups is 2. The number of aryl methyl sites for hydroxylation is 2. The molecule has 140 valence electrons. The lowest BCUT2D eigenvalue weighted by atomic mass is 10.2. The van der Waals surface area contributed by atoms with Crippen LogP contribution >= 0.6 is 23.1 Å². The van der Waals surface area contributed by atoms with E-state index in [1.54, 1.807) is 4.57 Å². The van der Waals surface area contributed by atoms with Crippen molar-refractivity contribution in [3.8, 4) is 0 Å². The highest BCUT2D eigenvalue weighted by atomic mass is 32.2. The first-order chi connectivity index (χ1) is 12.3. The Morgan fingerprint density at radius 1 is 1.35 bits per heavy atom. The summed E-state index contributed by atoms with van der Waals surface area (Å²) in [6.07, 6.45) is 1.92. The van der Waals surface area contributed by atoms with Crippen LogP contribution in [0.2, 0.25) is 0 Å². The van der Waals surface area contributed by atoms with Crippen LogP contribution in [0.3, 0.4) is 0 Å². The Morgan fingerprint density at radius 2 is 2.04 bits per heavy atom. The van der Waals surface area contributed by atoms with E-state index in [-0.39, 0.29) is 23.4 Å². The van der Waals surface area contributed by atoms with Gasteiger partial charge in [0.25, 0.3) is 5.56 Å². The van der Waals surface area contributed by atoms with Crippen molar-refractivity contribution in [2.75, 3.05) is 5.75 Å². The smallest absolute Gasteiger partial charge is 0.321 e. The van der Waals surface area contributed by atoms with Crippen molar-refractivity contribution in [3.05, 3.63) is 20.8 Å². The minimum atomic E-state index is -0.465. The number of aromatic nitrogens is 2. The molecule has 2 aromatic rings. The molecule has 0 aromatic carbocycles. The van der Waals surface area contributed by atoms with Gasteiger partial charge in [0.05, 0.1) is 11.1 Å². The van der Waals surface area contributed by atoms with Gasteiger partial charge in [-0.25, -0.2) is 9.78 Å². The normalized spacial score (nSPS) is 14.0. The summed E-state index contributed by atoms with van der Waals surface area (Å²) in [6.45, 7) is 7.73. The number of imide groups is 1. The molecular weight excluding hydrogens is 372 g/mol. The van der Waals surface area contributed by atoms with Crippen molar-refractivity contribution >= 4 is 45.3 Å². The quantitative estimate of drug-likeness (QED) is 0.601. The number of thioether (sulfide) groups is 1. The number of amides is 3. The number of hydrogen-bond acceptors (Lipinski definition) is 6. The number of nitrogens with zero attached hydrogens (tertiary/aromatic N) is 2. The average Bonchev–Trinajstić information content (AvgIpc) is 3.30. The van der Waals surface area contributed by atoms with E-state index >= 15 is 0 Å². The second kappa shape index (κ2) is 7.40. The van der Waals surface area contributed by atoms with Gasteiger partial charge in [-0.15, -0.1) is 11.3 Å². The third kappa shape index (κ3) is 3.93. The molecule has 0 spiro atoms. The maximum atomic E-state index is 12.9. The molecule has 2 heterocycles. The highest BCUT2D eigenvalue weighted by Crippen LogP contribution is 2.29. The molecular formula is C17H22N4O3S2. The van der Waals surface area contributed by atoms with Crippen molar-refractivity contribution in [1.82, 2.24) is 20.2 Å². The monoisotopic (exact) mass is 394 g/mol. The molecule has 3 amide bonds. The first-order valence-corrected chi connectivity index (χ1v) is 10.3. The number of hydrogen-bond donors (Lipinski definition) is 2. The van der Waals surface area contributed by atoms with E-state index in [2.05, 4.69) is 15.6 Å². The van der Waals surface area contributed by atoms with Gasteiger partial charge in [-0.05, 0) is 46.1 Å². The van der Waals surface area contributed by atoms with Crippen LogP contribution in [0, 0.1) is 13.8 Å². The summed E-state index contributed by atoms with van der Waals surface area (Å²) in [7, 11) is 0. The second-order valence-electron chi connectivity index (χ2n) is 6.71. The van der Waals surface area contributed by atoms with Crippen LogP contribution in [0.15, 0.2) is 9.95 Å². The molecule has 3 rings (SSSR count). The van der Waals surface area contributed by atoms with Crippen LogP contribution in [0.4, 0.5) is 4.79 Å². The Morgan fingerprint density at radius 3 is 2.65 bits per heavy atom. The van der Waals surface area contributed by atoms with Crippen LogP contribution in [0.5, 0.6) is 0 Å². The number of nitrogens with one attached hydrogen (secondary N) is 2. The summed E-state index contributed by atoms with van der Waals surface area (Å²) >= 11 is 2.65. The first-order valence-electron chi connectivity index (χ1n) is 8.53. The Bertz CT molecular complexity index is 928. The first kappa shape index (κ1) is 18.9. The van der Waals surface area contributed by atoms with Crippen LogP contribution in [0.1, 0.15) is 43.2 Å². The lowest BCUT2D eigenvalue weighted by Gasteiger charge is -2.15. The summed E-state index contributed by atoms with van der Waals surface area (Å²) in [5, 5.41) is 6.17. The summed E-state index contributed by atoms with van der Waals surface area (Å²) in [6, 6.07) is -0.356. The topological polar surface area (TPSA) is 93.1 Å². The van der Waals surface area contributed by atoms with E-state index in [1.165, 1.54) is 23.1 Å². The van der Waals surface area contributed by atoms with Crippen LogP contribution < -0.4 is 16.2 Å². The van der Waals surface area contributed by atoms with Gasteiger partial charge >= 0.3 is 6.03 Å². The van der Waals surface area contributed by atoms with E-state index in [1.807, 2.05) is 27.7 Å². The van der Waals surface area contributed by atoms with Gasteiger partial charge in [0.15, 0.2) is 5.16 Å². The second-order valence-corrected chi connectivity index (χ2v) is 8.86. The number of fused-ring (bicyclic) bond motifs is 1. The minimum Gasteiger partial charge on any atom is -0.335 e. The zero-order valence-electron chi connectivity index (χ0n) is 15.2. The van der Waals surface area contributed by atoms with Crippen molar-refractivity contribution in [1.29, 1.82) is 0 Å². The summed E-state index contributed by atoms with van der Waals surface area (Å²) in [5.74, 6) is -0.386. The van der Waals surface area contributed by atoms with Crippen molar-refractivity contribution in [2.24, 2.45) is 0 Å². The molecule has 1 saturated carbocycles. The molecule has 0 bridgehead atoms. The average molecular weight is 395 g/mol. The molecule has 0 saturated heterocycles. The summed E-state index contributed by atoms with van der Waals surface area (Å²) in [5.41, 5.74) is 0.879. The maximum Gasteiger partial charge on any atom is 0.321 e. The standard InChI is InChI=1S/C17H22N4O3S2/c1-8(2)21-15(23)13-9(3)10(4)26-14(13)20-17(21)25-7-12(22)19-16(24)18-11-5-6-11/h8,11H,5-7H2,1-4H3,(H2,18,19,22,24). The zero-order valence-corrected chi connectivity index (χ0v) is 16.8. The Kier molecular flexibility index (Phi) is 5.38. The van der Waals surface area contributed by atoms with Gasteiger partial charge in [0.2, 0.25) is 5.91 Å². The van der Waals surface area contributed by atoms with Crippen LogP contribution in [0.25, 0.3) is 10.2 Å². The van der Waals surface area contributed by atoms with E-state index in [4.69, 9.17) is 0 Å². The number of rotatable bonds is 5. The fourth-order valence-corrected chi connectivity index (χ4v) is 4.59. The molecule has 0 aliphatic heterocycles. The molecule has 2 N–H and O–H groups in total. The third-order valence-electron chi connectivity index (χ3n) is 4.22.